The maximum atomic E-state index is 11.5. The van der Waals surface area contributed by atoms with Gasteiger partial charge in [0.25, 0.3) is 0 Å². The van der Waals surface area contributed by atoms with Gasteiger partial charge < -0.3 is 5.11 Å². The van der Waals surface area contributed by atoms with Crippen molar-refractivity contribution in [2.75, 3.05) is 24.6 Å². The maximum absolute atomic E-state index is 11.5. The van der Waals surface area contributed by atoms with Crippen LogP contribution in [-0.4, -0.2) is 58.8 Å². The Morgan fingerprint density at radius 2 is 2.22 bits per heavy atom. The molecule has 3 heterocycles. The van der Waals surface area contributed by atoms with Crippen molar-refractivity contribution >= 4 is 15.8 Å². The van der Waals surface area contributed by atoms with Crippen LogP contribution in [-0.2, 0) is 34.1 Å². The number of carbonyl (C=O) groups is 1. The van der Waals surface area contributed by atoms with Gasteiger partial charge in [0.2, 0.25) is 0 Å². The number of aromatic nitrogens is 2. The lowest BCUT2D eigenvalue weighted by atomic mass is 10.0. The Labute approximate surface area is 136 Å². The van der Waals surface area contributed by atoms with E-state index in [9.17, 15) is 13.2 Å². The third-order valence-electron chi connectivity index (χ3n) is 4.70. The number of hydrogen-bond acceptors (Lipinski definition) is 5. The summed E-state index contributed by atoms with van der Waals surface area (Å²) in [4.78, 5) is 13.0. The summed E-state index contributed by atoms with van der Waals surface area (Å²) in [6.07, 6.45) is 2.30. The summed E-state index contributed by atoms with van der Waals surface area (Å²) in [6.45, 7) is 3.44. The number of nitrogens with zero attached hydrogens (tertiary/aromatic N) is 3. The van der Waals surface area contributed by atoms with Crippen LogP contribution in [0.2, 0.25) is 0 Å². The first kappa shape index (κ1) is 16.4. The average molecular weight is 341 g/mol. The minimum Gasteiger partial charge on any atom is -0.481 e. The van der Waals surface area contributed by atoms with E-state index in [1.807, 2.05) is 10.7 Å². The monoisotopic (exact) mass is 341 g/mol. The summed E-state index contributed by atoms with van der Waals surface area (Å²) >= 11 is 0. The molecule has 128 valence electrons. The second-order valence-corrected chi connectivity index (χ2v) is 8.81. The molecule has 0 aliphatic carbocycles. The Hall–Kier alpha value is -1.41. The van der Waals surface area contributed by atoms with Gasteiger partial charge in [-0.3, -0.25) is 14.4 Å². The van der Waals surface area contributed by atoms with E-state index < -0.39 is 15.8 Å². The van der Waals surface area contributed by atoms with Gasteiger partial charge in [0, 0.05) is 19.5 Å². The van der Waals surface area contributed by atoms with Gasteiger partial charge in [0.1, 0.15) is 0 Å². The van der Waals surface area contributed by atoms with E-state index in [1.165, 1.54) is 0 Å². The van der Waals surface area contributed by atoms with Gasteiger partial charge in [-0.05, 0) is 31.4 Å². The third kappa shape index (κ3) is 4.32. The van der Waals surface area contributed by atoms with Crippen molar-refractivity contribution in [3.05, 3.63) is 17.5 Å². The normalized spacial score (nSPS) is 23.7. The number of aliphatic carboxylic acids is 1. The Bertz CT molecular complexity index is 683. The zero-order chi connectivity index (χ0) is 16.4. The largest absolute Gasteiger partial charge is 0.481 e. The minimum absolute atomic E-state index is 0.107. The van der Waals surface area contributed by atoms with Crippen molar-refractivity contribution in [3.8, 4) is 0 Å². The summed E-state index contributed by atoms with van der Waals surface area (Å²) in [5, 5.41) is 13.2. The second-order valence-electron chi connectivity index (χ2n) is 6.58. The lowest BCUT2D eigenvalue weighted by Crippen LogP contribution is -2.35. The standard InChI is InChI=1S/C15H23N3O4S/c19-15(20)2-1-13-9-14-10-17(6-7-18(14)16-13)5-3-12-4-8-23(21,22)11-12/h9,12H,1-8,10-11H2,(H,19,20)/t12-/m0/s1. The van der Waals surface area contributed by atoms with E-state index >= 15 is 0 Å². The van der Waals surface area contributed by atoms with Crippen LogP contribution in [0, 0.1) is 5.92 Å². The number of hydrogen-bond donors (Lipinski definition) is 1. The smallest absolute Gasteiger partial charge is 0.303 e. The maximum Gasteiger partial charge on any atom is 0.303 e. The van der Waals surface area contributed by atoms with Crippen LogP contribution in [0.3, 0.4) is 0 Å². The van der Waals surface area contributed by atoms with E-state index in [2.05, 4.69) is 10.00 Å². The summed E-state index contributed by atoms with van der Waals surface area (Å²) < 4.78 is 25.0. The van der Waals surface area contributed by atoms with Crippen molar-refractivity contribution in [2.24, 2.45) is 5.92 Å². The molecule has 0 radical (unpaired) electrons. The molecule has 1 N–H and O–H groups in total. The van der Waals surface area contributed by atoms with Crippen LogP contribution in [0.15, 0.2) is 6.07 Å². The molecular weight excluding hydrogens is 318 g/mol. The highest BCUT2D eigenvalue weighted by Gasteiger charge is 2.28. The Balaban J connectivity index is 1.50. The van der Waals surface area contributed by atoms with Gasteiger partial charge in [-0.1, -0.05) is 0 Å². The number of sulfone groups is 1. The predicted molar refractivity (Wildman–Crippen MR) is 84.8 cm³/mol. The number of carboxylic acid groups (broad SMARTS) is 1. The fraction of sp³-hybridized carbons (Fsp3) is 0.733. The highest BCUT2D eigenvalue weighted by Crippen LogP contribution is 2.23. The van der Waals surface area contributed by atoms with Crippen molar-refractivity contribution < 1.29 is 18.3 Å². The first-order valence-corrected chi connectivity index (χ1v) is 9.93. The fourth-order valence-electron chi connectivity index (χ4n) is 3.39. The highest BCUT2D eigenvalue weighted by atomic mass is 32.2. The third-order valence-corrected chi connectivity index (χ3v) is 6.54. The van der Waals surface area contributed by atoms with Gasteiger partial charge in [-0.2, -0.15) is 5.10 Å². The number of aryl methyl sites for hydroxylation is 1. The molecule has 8 heteroatoms. The Morgan fingerprint density at radius 1 is 1.39 bits per heavy atom. The van der Waals surface area contributed by atoms with E-state index in [4.69, 9.17) is 5.11 Å². The molecule has 0 bridgehead atoms. The van der Waals surface area contributed by atoms with Crippen LogP contribution in [0.5, 0.6) is 0 Å². The highest BCUT2D eigenvalue weighted by molar-refractivity contribution is 7.91. The van der Waals surface area contributed by atoms with E-state index in [0.717, 1.165) is 50.4 Å². The summed E-state index contributed by atoms with van der Waals surface area (Å²) in [5.74, 6) is 0.192. The van der Waals surface area contributed by atoms with Crippen LogP contribution in [0.1, 0.15) is 30.7 Å². The zero-order valence-corrected chi connectivity index (χ0v) is 14.0. The predicted octanol–water partition coefficient (Wildman–Crippen LogP) is 0.541. The molecule has 3 rings (SSSR count). The van der Waals surface area contributed by atoms with Gasteiger partial charge in [-0.25, -0.2) is 8.42 Å². The van der Waals surface area contributed by atoms with Crippen LogP contribution in [0.4, 0.5) is 0 Å². The SMILES string of the molecule is O=C(O)CCc1cc2n(n1)CCN(CC[C@H]1CCS(=O)(=O)C1)C2. The quantitative estimate of drug-likeness (QED) is 0.812. The first-order chi connectivity index (χ1) is 10.9. The molecular formula is C15H23N3O4S. The average Bonchev–Trinajstić information content (AvgIpc) is 3.05. The van der Waals surface area contributed by atoms with Crippen molar-refractivity contribution in [2.45, 2.75) is 38.8 Å². The van der Waals surface area contributed by atoms with E-state index in [-0.39, 0.29) is 6.42 Å². The molecule has 7 nitrogen and oxygen atoms in total. The molecule has 0 aromatic carbocycles. The van der Waals surface area contributed by atoms with E-state index in [1.54, 1.807) is 0 Å². The number of fused-ring (bicyclic) bond motifs is 1. The molecule has 1 aromatic heterocycles. The summed E-state index contributed by atoms with van der Waals surface area (Å²) in [5.41, 5.74) is 1.96. The zero-order valence-electron chi connectivity index (χ0n) is 13.1. The Kier molecular flexibility index (Phi) is 4.72. The molecule has 0 saturated carbocycles. The molecule has 0 amide bonds. The molecule has 1 fully saturated rings. The van der Waals surface area contributed by atoms with Gasteiger partial charge in [0.05, 0.1) is 35.9 Å². The molecule has 0 spiro atoms. The Morgan fingerprint density at radius 3 is 2.91 bits per heavy atom. The number of rotatable bonds is 6. The lowest BCUT2D eigenvalue weighted by Gasteiger charge is -2.28. The van der Waals surface area contributed by atoms with Gasteiger partial charge in [-0.15, -0.1) is 0 Å². The van der Waals surface area contributed by atoms with Crippen molar-refractivity contribution in [3.63, 3.8) is 0 Å². The van der Waals surface area contributed by atoms with Crippen molar-refractivity contribution in [1.29, 1.82) is 0 Å². The molecule has 2 aliphatic rings. The second kappa shape index (κ2) is 6.60. The molecule has 1 saturated heterocycles. The van der Waals surface area contributed by atoms with Crippen LogP contribution in [0.25, 0.3) is 0 Å². The van der Waals surface area contributed by atoms with Crippen molar-refractivity contribution in [1.82, 2.24) is 14.7 Å². The van der Waals surface area contributed by atoms with Crippen LogP contribution >= 0.6 is 0 Å². The van der Waals surface area contributed by atoms with Gasteiger partial charge in [0.15, 0.2) is 9.84 Å². The fourth-order valence-corrected chi connectivity index (χ4v) is 5.30. The minimum atomic E-state index is -2.79. The summed E-state index contributed by atoms with van der Waals surface area (Å²) in [6, 6.07) is 2.00. The van der Waals surface area contributed by atoms with E-state index in [0.29, 0.717) is 23.8 Å². The molecule has 2 aliphatic heterocycles. The van der Waals surface area contributed by atoms with Gasteiger partial charge >= 0.3 is 5.97 Å². The van der Waals surface area contributed by atoms with Crippen LogP contribution < -0.4 is 0 Å². The molecule has 0 unspecified atom stereocenters. The molecule has 23 heavy (non-hydrogen) atoms. The summed E-state index contributed by atoms with van der Waals surface area (Å²) in [7, 11) is -2.79. The topological polar surface area (TPSA) is 92.5 Å². The lowest BCUT2D eigenvalue weighted by molar-refractivity contribution is -0.136. The molecule has 1 atom stereocenters. The molecule has 1 aromatic rings. The number of carboxylic acids is 1. The first-order valence-electron chi connectivity index (χ1n) is 8.11.